The highest BCUT2D eigenvalue weighted by atomic mass is 16.5. The van der Waals surface area contributed by atoms with Crippen LogP contribution in [0.15, 0.2) is 277 Å². The van der Waals surface area contributed by atoms with Crippen LogP contribution in [0.2, 0.25) is 0 Å². The minimum Gasteiger partial charge on any atom is -0.457 e. The minimum absolute atomic E-state index is 0.398. The molecule has 0 spiro atoms. The van der Waals surface area contributed by atoms with Gasteiger partial charge in [-0.1, -0.05) is 231 Å². The van der Waals surface area contributed by atoms with Gasteiger partial charge in [-0.2, -0.15) is 0 Å². The average Bonchev–Trinajstić information content (AvgIpc) is 3.49. The summed E-state index contributed by atoms with van der Waals surface area (Å²) in [5.41, 5.74) is 13.5. The number of hydrogen-bond donors (Lipinski definition) is 1. The number of hydrogen-bond acceptors (Lipinski definition) is 7. The van der Waals surface area contributed by atoms with Crippen molar-refractivity contribution in [1.82, 2.24) is 20.3 Å². The summed E-state index contributed by atoms with van der Waals surface area (Å²) in [6.45, 7) is 0. The highest BCUT2D eigenvalue weighted by Gasteiger charge is 2.45. The van der Waals surface area contributed by atoms with Gasteiger partial charge in [0.25, 0.3) is 0 Å². The fraction of sp³-hybridized carbons (Fsp3) is 0.0299. The second-order valence-corrected chi connectivity index (χ2v) is 18.4. The Bertz CT molecular complexity index is 3810. The van der Waals surface area contributed by atoms with Gasteiger partial charge in [-0.15, -0.1) is 0 Å². The van der Waals surface area contributed by atoms with E-state index in [2.05, 4.69) is 163 Å². The maximum absolute atomic E-state index is 6.77. The van der Waals surface area contributed by atoms with Gasteiger partial charge in [-0.3, -0.25) is 0 Å². The maximum atomic E-state index is 6.77. The molecule has 2 aliphatic rings. The lowest BCUT2D eigenvalue weighted by molar-refractivity contribution is 0.434. The molecule has 350 valence electrons. The zero-order valence-corrected chi connectivity index (χ0v) is 40.1. The smallest absolute Gasteiger partial charge is 0.169 e. The molecule has 0 aliphatic carbocycles. The standard InChI is InChI=1S/C67H46N6O/c1-5-21-45(22-6-1)61-68-62(46-23-7-2-8-24-46)71-65(70-61)53-33-17-29-49(41-53)51-31-19-35-55(43-51)67(57-37-13-15-39-59(57)74-60-40-16-14-38-58(60)67)56-36-20-32-52(44-56)50-30-18-34-54(42-50)66-72-63(47-25-9-3-10-26-47)69-64(73-66)48-27-11-4-12-28-48/h1-44,61H,(H,68,70,71). The number of nitrogens with zero attached hydrogens (tertiary/aromatic N) is 5. The van der Waals surface area contributed by atoms with Crippen molar-refractivity contribution in [2.24, 2.45) is 9.98 Å². The SMILES string of the molecule is c1ccc(C2=NC(c3ccccc3)N=C(c3cccc(-c4cccc(C5(c6cccc(-c7cccc(-c8nc(-c9ccccc9)nc(-c9ccccc9)n8)c7)c6)c6ccccc6Oc6ccccc65)c4)c3)N2)cc1. The first-order chi connectivity index (χ1) is 36.6. The maximum Gasteiger partial charge on any atom is 0.169 e. The Morgan fingerprint density at radius 2 is 0.676 bits per heavy atom. The molecule has 1 N–H and O–H groups in total. The number of aromatic nitrogens is 3. The van der Waals surface area contributed by atoms with Crippen molar-refractivity contribution in [2.45, 2.75) is 11.6 Å². The van der Waals surface area contributed by atoms with E-state index in [4.69, 9.17) is 29.7 Å². The highest BCUT2D eigenvalue weighted by Crippen LogP contribution is 2.56. The number of rotatable bonds is 10. The lowest BCUT2D eigenvalue weighted by Crippen LogP contribution is -2.36. The number of fused-ring (bicyclic) bond motifs is 2. The van der Waals surface area contributed by atoms with Gasteiger partial charge in [0.2, 0.25) is 0 Å². The molecule has 1 aromatic heterocycles. The molecule has 2 aliphatic heterocycles. The molecule has 0 amide bonds. The van der Waals surface area contributed by atoms with Crippen LogP contribution in [-0.4, -0.2) is 26.6 Å². The Labute approximate surface area is 430 Å². The van der Waals surface area contributed by atoms with Gasteiger partial charge in [0.1, 0.15) is 23.2 Å². The molecule has 0 fully saturated rings. The molecule has 3 heterocycles. The zero-order valence-electron chi connectivity index (χ0n) is 40.1. The van der Waals surface area contributed by atoms with Crippen molar-refractivity contribution >= 4 is 11.7 Å². The van der Waals surface area contributed by atoms with E-state index in [1.54, 1.807) is 0 Å². The van der Waals surface area contributed by atoms with Gasteiger partial charge in [-0.25, -0.2) is 24.9 Å². The minimum atomic E-state index is -0.783. The van der Waals surface area contributed by atoms with Crippen LogP contribution in [0.4, 0.5) is 0 Å². The van der Waals surface area contributed by atoms with Gasteiger partial charge in [-0.05, 0) is 75.3 Å². The van der Waals surface area contributed by atoms with Crippen LogP contribution in [0.25, 0.3) is 56.4 Å². The van der Waals surface area contributed by atoms with Crippen LogP contribution in [0.5, 0.6) is 11.5 Å². The Morgan fingerprint density at radius 1 is 0.311 bits per heavy atom. The molecule has 7 nitrogen and oxygen atoms in total. The predicted octanol–water partition coefficient (Wildman–Crippen LogP) is 15.2. The fourth-order valence-electron chi connectivity index (χ4n) is 10.4. The lowest BCUT2D eigenvalue weighted by Gasteiger charge is -2.41. The molecule has 11 aromatic rings. The van der Waals surface area contributed by atoms with E-state index in [1.807, 2.05) is 109 Å². The zero-order chi connectivity index (χ0) is 49.3. The van der Waals surface area contributed by atoms with E-state index in [1.165, 1.54) is 0 Å². The summed E-state index contributed by atoms with van der Waals surface area (Å²) in [6.07, 6.45) is -0.398. The highest BCUT2D eigenvalue weighted by molar-refractivity contribution is 6.16. The predicted molar refractivity (Wildman–Crippen MR) is 297 cm³/mol. The summed E-state index contributed by atoms with van der Waals surface area (Å²) in [6, 6.07) is 92.7. The number of aliphatic imine (C=N–C) groups is 2. The van der Waals surface area contributed by atoms with Gasteiger partial charge in [0.05, 0.1) is 5.41 Å². The van der Waals surface area contributed by atoms with Crippen LogP contribution in [0.1, 0.15) is 45.1 Å². The summed E-state index contributed by atoms with van der Waals surface area (Å²) < 4.78 is 6.77. The Morgan fingerprint density at radius 3 is 1.20 bits per heavy atom. The van der Waals surface area contributed by atoms with E-state index in [0.29, 0.717) is 17.5 Å². The molecule has 1 unspecified atom stereocenters. The number of amidine groups is 2. The first-order valence-electron chi connectivity index (χ1n) is 24.8. The van der Waals surface area contributed by atoms with Crippen LogP contribution in [0, 0.1) is 0 Å². The second-order valence-electron chi connectivity index (χ2n) is 18.4. The van der Waals surface area contributed by atoms with E-state index in [9.17, 15) is 0 Å². The van der Waals surface area contributed by atoms with E-state index in [0.717, 1.165) is 101 Å². The van der Waals surface area contributed by atoms with Crippen molar-refractivity contribution in [3.8, 4) is 67.9 Å². The molecule has 13 rings (SSSR count). The molecule has 74 heavy (non-hydrogen) atoms. The third-order valence-electron chi connectivity index (χ3n) is 13.9. The van der Waals surface area contributed by atoms with Gasteiger partial charge >= 0.3 is 0 Å². The van der Waals surface area contributed by atoms with Crippen LogP contribution < -0.4 is 10.1 Å². The summed E-state index contributed by atoms with van der Waals surface area (Å²) in [7, 11) is 0. The molecule has 0 radical (unpaired) electrons. The van der Waals surface area contributed by atoms with Crippen LogP contribution >= 0.6 is 0 Å². The number of benzene rings is 10. The summed E-state index contributed by atoms with van der Waals surface area (Å²) >= 11 is 0. The van der Waals surface area contributed by atoms with E-state index >= 15 is 0 Å². The van der Waals surface area contributed by atoms with Gasteiger partial charge < -0.3 is 10.1 Å². The molecule has 0 saturated heterocycles. The van der Waals surface area contributed by atoms with E-state index < -0.39 is 11.6 Å². The van der Waals surface area contributed by atoms with Crippen molar-refractivity contribution in [3.05, 3.63) is 306 Å². The van der Waals surface area contributed by atoms with Crippen molar-refractivity contribution in [2.75, 3.05) is 0 Å². The van der Waals surface area contributed by atoms with Crippen LogP contribution in [-0.2, 0) is 5.41 Å². The molecule has 0 saturated carbocycles. The van der Waals surface area contributed by atoms with Crippen molar-refractivity contribution < 1.29 is 4.74 Å². The normalized spacial score (nSPS) is 14.3. The quantitative estimate of drug-likeness (QED) is 0.148. The van der Waals surface area contributed by atoms with Crippen molar-refractivity contribution in [1.29, 1.82) is 0 Å². The average molecular weight is 951 g/mol. The van der Waals surface area contributed by atoms with Gasteiger partial charge in [0, 0.05) is 38.9 Å². The van der Waals surface area contributed by atoms with Crippen molar-refractivity contribution in [3.63, 3.8) is 0 Å². The number of ether oxygens (including phenoxy) is 1. The molecule has 7 heteroatoms. The Hall–Kier alpha value is -9.85. The second kappa shape index (κ2) is 19.1. The molecular weight excluding hydrogens is 905 g/mol. The molecular formula is C67H46N6O. The lowest BCUT2D eigenvalue weighted by atomic mass is 9.63. The monoisotopic (exact) mass is 950 g/mol. The largest absolute Gasteiger partial charge is 0.457 e. The summed E-state index contributed by atoms with van der Waals surface area (Å²) in [5.74, 6) is 5.02. The third-order valence-corrected chi connectivity index (χ3v) is 13.9. The Balaban J connectivity index is 0.930. The van der Waals surface area contributed by atoms with Crippen LogP contribution in [0.3, 0.4) is 0 Å². The first-order valence-corrected chi connectivity index (χ1v) is 24.8. The topological polar surface area (TPSA) is 84.7 Å². The summed E-state index contributed by atoms with van der Waals surface area (Å²) in [5, 5.41) is 3.60. The van der Waals surface area contributed by atoms with E-state index in [-0.39, 0.29) is 0 Å². The Kier molecular flexibility index (Phi) is 11.4. The fourth-order valence-corrected chi connectivity index (χ4v) is 10.4. The summed E-state index contributed by atoms with van der Waals surface area (Å²) in [4.78, 5) is 25.4. The molecule has 0 bridgehead atoms. The molecule has 10 aromatic carbocycles. The number of nitrogens with one attached hydrogen (secondary N) is 1. The van der Waals surface area contributed by atoms with Gasteiger partial charge in [0.15, 0.2) is 23.6 Å². The third kappa shape index (κ3) is 8.22. The first kappa shape index (κ1) is 44.1. The number of para-hydroxylation sites is 2. The molecule has 1 atom stereocenters.